The Kier molecular flexibility index (Phi) is 8.24. The fraction of sp³-hybridized carbons (Fsp3) is 0.450. The van der Waals surface area contributed by atoms with E-state index >= 15 is 0 Å². The van der Waals surface area contributed by atoms with Crippen LogP contribution in [0.5, 0.6) is 5.75 Å². The first kappa shape index (κ1) is 28.2. The predicted octanol–water partition coefficient (Wildman–Crippen LogP) is 1.25. The molecule has 36 heavy (non-hydrogen) atoms. The molecule has 3 rings (SSSR count). The van der Waals surface area contributed by atoms with Crippen LogP contribution in [0.15, 0.2) is 28.7 Å². The zero-order valence-electron chi connectivity index (χ0n) is 19.9. The number of nitrogens with one attached hydrogen (secondary N) is 1. The van der Waals surface area contributed by atoms with Crippen molar-refractivity contribution in [1.29, 1.82) is 0 Å². The van der Waals surface area contributed by atoms with E-state index in [1.165, 1.54) is 0 Å². The fourth-order valence-electron chi connectivity index (χ4n) is 3.67. The van der Waals surface area contributed by atoms with Crippen molar-refractivity contribution in [1.82, 2.24) is 14.2 Å². The number of amides is 2. The highest BCUT2D eigenvalue weighted by Gasteiger charge is 2.36. The lowest BCUT2D eigenvalue weighted by Crippen LogP contribution is -2.40. The molecule has 2 aliphatic heterocycles. The van der Waals surface area contributed by atoms with E-state index < -0.39 is 49.8 Å². The van der Waals surface area contributed by atoms with Crippen LogP contribution in [0, 0.1) is 6.92 Å². The molecule has 198 valence electrons. The smallest absolute Gasteiger partial charge is 0.267 e. The lowest BCUT2D eigenvalue weighted by atomic mass is 10.2. The first-order valence-corrected chi connectivity index (χ1v) is 15.0. The number of carbonyl (C=O) groups is 2. The molecule has 0 aromatic carbocycles. The predicted molar refractivity (Wildman–Crippen MR) is 139 cm³/mol. The number of allylic oxidation sites excluding steroid dienone is 2. The largest absolute Gasteiger partial charge is 0.466 e. The Morgan fingerprint density at radius 2 is 1.97 bits per heavy atom. The third-order valence-electron chi connectivity index (χ3n) is 5.35. The Morgan fingerprint density at radius 3 is 2.58 bits per heavy atom. The number of ether oxygens (including phenoxy) is 1. The molecule has 1 aromatic rings. The van der Waals surface area contributed by atoms with Gasteiger partial charge in [0.1, 0.15) is 10.2 Å². The molecule has 16 heteroatoms. The van der Waals surface area contributed by atoms with Crippen molar-refractivity contribution in [2.45, 2.75) is 33.4 Å². The zero-order valence-corrected chi connectivity index (χ0v) is 23.2. The lowest BCUT2D eigenvalue weighted by Gasteiger charge is -2.25. The van der Waals surface area contributed by atoms with Crippen molar-refractivity contribution < 1.29 is 35.7 Å². The number of thioether (sulfide) groups is 1. The quantitative estimate of drug-likeness (QED) is 0.247. The van der Waals surface area contributed by atoms with Gasteiger partial charge in [0.05, 0.1) is 10.7 Å². The summed E-state index contributed by atoms with van der Waals surface area (Å²) < 4.78 is 65.7. The normalized spacial score (nSPS) is 19.8. The maximum Gasteiger partial charge on any atom is 0.267 e. The van der Waals surface area contributed by atoms with Crippen LogP contribution in [0.3, 0.4) is 0 Å². The van der Waals surface area contributed by atoms with E-state index in [0.717, 1.165) is 29.3 Å². The molecule has 1 unspecified atom stereocenters. The van der Waals surface area contributed by atoms with E-state index in [1.807, 2.05) is 24.6 Å². The number of hydrogen-bond donors (Lipinski definition) is 2. The van der Waals surface area contributed by atoms with E-state index in [9.17, 15) is 31.0 Å². The van der Waals surface area contributed by atoms with Crippen molar-refractivity contribution in [2.24, 2.45) is 7.05 Å². The Morgan fingerprint density at radius 1 is 1.31 bits per heavy atom. The maximum absolute atomic E-state index is 12.7. The molecule has 1 fully saturated rings. The van der Waals surface area contributed by atoms with Gasteiger partial charge in [-0.05, 0) is 19.9 Å². The van der Waals surface area contributed by atoms with Crippen molar-refractivity contribution >= 4 is 66.1 Å². The number of fused-ring (bicyclic) bond motifs is 1. The van der Waals surface area contributed by atoms with Crippen LogP contribution in [0.4, 0.5) is 5.82 Å². The summed E-state index contributed by atoms with van der Waals surface area (Å²) in [6.07, 6.45) is 3.16. The van der Waals surface area contributed by atoms with Crippen molar-refractivity contribution in [2.75, 3.05) is 23.1 Å². The molecular formula is C20H26N4O8S4. The standard InChI is InChI=1S/C20H26N4O8S4/c1-12(9-16-19(26)24(20(33)34-16)11-35(27,28)21-14(3)25)5-6-17-23(7-8-36(29,30)31)18-15(32-17)10-13(2)22(18)4/h5,9-10,17H,6-8,11H2,1-4H3,(H,21,25)(H,29,30,31). The van der Waals surface area contributed by atoms with Crippen LogP contribution in [0.1, 0.15) is 26.0 Å². The molecule has 2 aliphatic rings. The van der Waals surface area contributed by atoms with Gasteiger partial charge in [0, 0.05) is 38.7 Å². The SMILES string of the molecule is CC(=O)NS(=O)(=O)CN1C(=O)C(=CC(C)=CCC2Oc3cc(C)n(C)c3N2CCS(=O)(=O)O)SC1=S. The summed E-state index contributed by atoms with van der Waals surface area (Å²) in [6, 6.07) is 1.84. The monoisotopic (exact) mass is 578 g/mol. The number of rotatable bonds is 9. The number of aromatic nitrogens is 1. The third-order valence-corrected chi connectivity index (χ3v) is 8.62. The molecule has 1 aromatic heterocycles. The Balaban J connectivity index is 1.74. The van der Waals surface area contributed by atoms with Gasteiger partial charge < -0.3 is 14.2 Å². The second kappa shape index (κ2) is 10.5. The second-order valence-electron chi connectivity index (χ2n) is 8.28. The van der Waals surface area contributed by atoms with Gasteiger partial charge in [0.2, 0.25) is 5.91 Å². The summed E-state index contributed by atoms with van der Waals surface area (Å²) in [6.45, 7) is 4.70. The number of anilines is 1. The zero-order chi connectivity index (χ0) is 27.0. The minimum Gasteiger partial charge on any atom is -0.466 e. The lowest BCUT2D eigenvalue weighted by molar-refractivity contribution is -0.122. The van der Waals surface area contributed by atoms with Crippen LogP contribution < -0.4 is 14.4 Å². The Bertz CT molecular complexity index is 1380. The second-order valence-corrected chi connectivity index (χ2v) is 13.2. The van der Waals surface area contributed by atoms with Crippen LogP contribution >= 0.6 is 24.0 Å². The van der Waals surface area contributed by atoms with Crippen LogP contribution in [-0.4, -0.2) is 71.4 Å². The molecule has 0 bridgehead atoms. The molecular weight excluding hydrogens is 553 g/mol. The van der Waals surface area contributed by atoms with Gasteiger partial charge in [-0.2, -0.15) is 8.42 Å². The number of sulfonamides is 1. The van der Waals surface area contributed by atoms with Crippen molar-refractivity contribution in [3.8, 4) is 5.75 Å². The summed E-state index contributed by atoms with van der Waals surface area (Å²) in [7, 11) is -6.43. The van der Waals surface area contributed by atoms with Gasteiger partial charge in [0.25, 0.3) is 26.0 Å². The molecule has 2 amide bonds. The van der Waals surface area contributed by atoms with Gasteiger partial charge in [-0.25, -0.2) is 8.42 Å². The summed E-state index contributed by atoms with van der Waals surface area (Å²) in [5.41, 5.74) is 1.59. The fourth-order valence-corrected chi connectivity index (χ4v) is 6.66. The molecule has 1 saturated heterocycles. The molecule has 0 radical (unpaired) electrons. The number of aryl methyl sites for hydroxylation is 1. The van der Waals surface area contributed by atoms with Crippen LogP contribution in [0.25, 0.3) is 0 Å². The topological polar surface area (TPSA) is 155 Å². The summed E-state index contributed by atoms with van der Waals surface area (Å²) in [4.78, 5) is 26.7. The number of nitrogens with zero attached hydrogens (tertiary/aromatic N) is 3. The molecule has 2 N–H and O–H groups in total. The number of carbonyl (C=O) groups excluding carboxylic acids is 2. The highest BCUT2D eigenvalue weighted by molar-refractivity contribution is 8.26. The van der Waals surface area contributed by atoms with Gasteiger partial charge in [-0.1, -0.05) is 35.6 Å². The molecule has 0 saturated carbocycles. The van der Waals surface area contributed by atoms with Gasteiger partial charge in [-0.15, -0.1) is 0 Å². The highest BCUT2D eigenvalue weighted by atomic mass is 32.2. The Hall–Kier alpha value is -2.40. The van der Waals surface area contributed by atoms with E-state index in [1.54, 1.807) is 28.7 Å². The molecule has 12 nitrogen and oxygen atoms in total. The minimum absolute atomic E-state index is 0.0160. The summed E-state index contributed by atoms with van der Waals surface area (Å²) >= 11 is 6.09. The van der Waals surface area contributed by atoms with E-state index in [0.29, 0.717) is 23.6 Å². The Labute approximate surface area is 219 Å². The van der Waals surface area contributed by atoms with Crippen molar-refractivity contribution in [3.05, 3.63) is 34.4 Å². The summed E-state index contributed by atoms with van der Waals surface area (Å²) in [5, 5.41) is 0. The molecule has 0 aliphatic carbocycles. The van der Waals surface area contributed by atoms with Gasteiger partial charge in [-0.3, -0.25) is 23.8 Å². The average Bonchev–Trinajstić information content (AvgIpc) is 3.29. The number of thiocarbonyl (C=S) groups is 1. The number of hydrogen-bond acceptors (Lipinski definition) is 10. The highest BCUT2D eigenvalue weighted by Crippen LogP contribution is 2.40. The average molecular weight is 579 g/mol. The maximum atomic E-state index is 12.7. The van der Waals surface area contributed by atoms with Gasteiger partial charge in [0.15, 0.2) is 17.8 Å². The molecule has 3 heterocycles. The van der Waals surface area contributed by atoms with E-state index in [2.05, 4.69) is 0 Å². The van der Waals surface area contributed by atoms with E-state index in [4.69, 9.17) is 17.0 Å². The first-order chi connectivity index (χ1) is 16.6. The molecule has 0 spiro atoms. The third kappa shape index (κ3) is 6.67. The van der Waals surface area contributed by atoms with Gasteiger partial charge >= 0.3 is 0 Å². The van der Waals surface area contributed by atoms with Crippen molar-refractivity contribution in [3.63, 3.8) is 0 Å². The first-order valence-electron chi connectivity index (χ1n) is 10.6. The van der Waals surface area contributed by atoms with Crippen LogP contribution in [0.2, 0.25) is 0 Å². The van der Waals surface area contributed by atoms with E-state index in [-0.39, 0.29) is 15.8 Å². The van der Waals surface area contributed by atoms with Crippen LogP contribution in [-0.2, 0) is 36.8 Å². The molecule has 1 atom stereocenters. The minimum atomic E-state index is -4.18. The summed E-state index contributed by atoms with van der Waals surface area (Å²) in [5.74, 6) is -1.30.